The minimum atomic E-state index is -0.0217. The van der Waals surface area contributed by atoms with Gasteiger partial charge in [0.1, 0.15) is 0 Å². The number of aliphatic hydroxyl groups is 1. The molecule has 0 aromatic rings. The van der Waals surface area contributed by atoms with Gasteiger partial charge in [-0.1, -0.05) is 13.8 Å². The van der Waals surface area contributed by atoms with E-state index in [-0.39, 0.29) is 12.6 Å². The molecule has 0 heterocycles. The summed E-state index contributed by atoms with van der Waals surface area (Å²) < 4.78 is 0. The van der Waals surface area contributed by atoms with Crippen molar-refractivity contribution in [2.75, 3.05) is 12.4 Å². The molecule has 0 aliphatic heterocycles. The highest BCUT2D eigenvalue weighted by Crippen LogP contribution is 2.14. The average Bonchev–Trinajstić information content (AvgIpc) is 2.04. The number of thioether (sulfide) groups is 1. The van der Waals surface area contributed by atoms with Crippen LogP contribution in [0.2, 0.25) is 0 Å². The second-order valence-electron chi connectivity index (χ2n) is 2.82. The molecular formula is C8H19NOS. The second-order valence-corrected chi connectivity index (χ2v) is 4.37. The lowest BCUT2D eigenvalue weighted by molar-refractivity contribution is 0.264. The summed E-state index contributed by atoms with van der Waals surface area (Å²) in [6.45, 7) is 4.51. The molecule has 0 aromatic heterocycles. The summed E-state index contributed by atoms with van der Waals surface area (Å²) in [5.41, 5.74) is 5.54. The maximum atomic E-state index is 8.62. The molecule has 2 unspecified atom stereocenters. The number of hydrogen-bond donors (Lipinski definition) is 2. The van der Waals surface area contributed by atoms with E-state index in [1.807, 2.05) is 11.8 Å². The van der Waals surface area contributed by atoms with Gasteiger partial charge in [-0.25, -0.2) is 0 Å². The lowest BCUT2D eigenvalue weighted by atomic mass is 10.3. The van der Waals surface area contributed by atoms with E-state index in [9.17, 15) is 0 Å². The number of rotatable bonds is 6. The van der Waals surface area contributed by atoms with Gasteiger partial charge in [-0.05, 0) is 18.6 Å². The zero-order valence-electron chi connectivity index (χ0n) is 7.42. The van der Waals surface area contributed by atoms with Gasteiger partial charge in [0.25, 0.3) is 0 Å². The molecule has 0 fully saturated rings. The van der Waals surface area contributed by atoms with Crippen molar-refractivity contribution in [3.05, 3.63) is 0 Å². The molecule has 3 N–H and O–H groups in total. The maximum Gasteiger partial charge on any atom is 0.0582 e. The largest absolute Gasteiger partial charge is 0.395 e. The van der Waals surface area contributed by atoms with Crippen LogP contribution in [0.25, 0.3) is 0 Å². The van der Waals surface area contributed by atoms with Crippen LogP contribution in [0.4, 0.5) is 0 Å². The normalized spacial score (nSPS) is 16.4. The van der Waals surface area contributed by atoms with Crippen LogP contribution in [-0.4, -0.2) is 28.8 Å². The van der Waals surface area contributed by atoms with E-state index >= 15 is 0 Å². The number of nitrogens with two attached hydrogens (primary N) is 1. The van der Waals surface area contributed by atoms with Crippen LogP contribution in [0.5, 0.6) is 0 Å². The van der Waals surface area contributed by atoms with E-state index < -0.39 is 0 Å². The summed E-state index contributed by atoms with van der Waals surface area (Å²) in [7, 11) is 0. The highest BCUT2D eigenvalue weighted by atomic mass is 32.2. The molecule has 0 saturated heterocycles. The van der Waals surface area contributed by atoms with E-state index in [2.05, 4.69) is 13.8 Å². The Morgan fingerprint density at radius 2 is 2.18 bits per heavy atom. The molecule has 0 radical (unpaired) electrons. The zero-order chi connectivity index (χ0) is 8.69. The van der Waals surface area contributed by atoms with Crippen molar-refractivity contribution >= 4 is 11.8 Å². The average molecular weight is 177 g/mol. The fraction of sp³-hybridized carbons (Fsp3) is 1.00. The van der Waals surface area contributed by atoms with Gasteiger partial charge in [-0.3, -0.25) is 0 Å². The van der Waals surface area contributed by atoms with Crippen LogP contribution in [0.15, 0.2) is 0 Å². The van der Waals surface area contributed by atoms with Crippen LogP contribution in [0.1, 0.15) is 26.7 Å². The minimum Gasteiger partial charge on any atom is -0.395 e. The molecule has 0 aliphatic rings. The SMILES string of the molecule is CCC(C)SCCC(N)CO. The van der Waals surface area contributed by atoms with Gasteiger partial charge in [-0.15, -0.1) is 0 Å². The Hall–Kier alpha value is 0.270. The highest BCUT2D eigenvalue weighted by Gasteiger charge is 2.02. The van der Waals surface area contributed by atoms with Crippen molar-refractivity contribution in [3.63, 3.8) is 0 Å². The maximum absolute atomic E-state index is 8.62. The van der Waals surface area contributed by atoms with Gasteiger partial charge in [0.05, 0.1) is 6.61 Å². The van der Waals surface area contributed by atoms with E-state index in [4.69, 9.17) is 10.8 Å². The molecule has 0 spiro atoms. The summed E-state index contributed by atoms with van der Waals surface area (Å²) in [5, 5.41) is 9.35. The van der Waals surface area contributed by atoms with Crippen molar-refractivity contribution in [1.29, 1.82) is 0 Å². The first-order chi connectivity index (χ1) is 5.20. The fourth-order valence-electron chi connectivity index (χ4n) is 0.630. The zero-order valence-corrected chi connectivity index (χ0v) is 8.23. The quantitative estimate of drug-likeness (QED) is 0.641. The first kappa shape index (κ1) is 11.3. The van der Waals surface area contributed by atoms with Gasteiger partial charge in [-0.2, -0.15) is 11.8 Å². The third kappa shape index (κ3) is 6.66. The van der Waals surface area contributed by atoms with E-state index in [1.165, 1.54) is 6.42 Å². The van der Waals surface area contributed by atoms with Crippen molar-refractivity contribution in [2.24, 2.45) is 5.73 Å². The van der Waals surface area contributed by atoms with Crippen molar-refractivity contribution in [1.82, 2.24) is 0 Å². The van der Waals surface area contributed by atoms with Crippen molar-refractivity contribution < 1.29 is 5.11 Å². The first-order valence-corrected chi connectivity index (χ1v) is 5.23. The Labute approximate surface area is 73.6 Å². The van der Waals surface area contributed by atoms with Gasteiger partial charge in [0, 0.05) is 11.3 Å². The number of aliphatic hydroxyl groups excluding tert-OH is 1. The smallest absolute Gasteiger partial charge is 0.0582 e. The minimum absolute atomic E-state index is 0.0217. The summed E-state index contributed by atoms with van der Waals surface area (Å²) in [6.07, 6.45) is 2.13. The van der Waals surface area contributed by atoms with Crippen molar-refractivity contribution in [3.8, 4) is 0 Å². The summed E-state index contributed by atoms with van der Waals surface area (Å²) in [4.78, 5) is 0. The molecule has 2 nitrogen and oxygen atoms in total. The lowest BCUT2D eigenvalue weighted by Crippen LogP contribution is -2.25. The van der Waals surface area contributed by atoms with Gasteiger partial charge in [0.15, 0.2) is 0 Å². The fourth-order valence-corrected chi connectivity index (χ4v) is 1.71. The Morgan fingerprint density at radius 1 is 1.55 bits per heavy atom. The molecule has 3 heteroatoms. The molecule has 0 aromatic carbocycles. The van der Waals surface area contributed by atoms with Gasteiger partial charge < -0.3 is 10.8 Å². The molecule has 0 bridgehead atoms. The number of hydrogen-bond acceptors (Lipinski definition) is 3. The molecule has 0 aliphatic carbocycles. The topological polar surface area (TPSA) is 46.2 Å². The van der Waals surface area contributed by atoms with Crippen molar-refractivity contribution in [2.45, 2.75) is 38.0 Å². The second kappa shape index (κ2) is 6.95. The summed E-state index contributed by atoms with van der Waals surface area (Å²) in [6, 6.07) is -0.0217. The van der Waals surface area contributed by atoms with Crippen LogP contribution in [0.3, 0.4) is 0 Å². The molecule has 2 atom stereocenters. The monoisotopic (exact) mass is 177 g/mol. The third-order valence-corrected chi connectivity index (χ3v) is 3.07. The van der Waals surface area contributed by atoms with Gasteiger partial charge in [0.2, 0.25) is 0 Å². The first-order valence-electron chi connectivity index (χ1n) is 4.18. The standard InChI is InChI=1S/C8H19NOS/c1-3-7(2)11-5-4-8(9)6-10/h7-8,10H,3-6,9H2,1-2H3. The predicted octanol–water partition coefficient (Wildman–Crippen LogP) is 1.23. The van der Waals surface area contributed by atoms with Crippen LogP contribution < -0.4 is 5.73 Å². The van der Waals surface area contributed by atoms with E-state index in [0.29, 0.717) is 0 Å². The third-order valence-electron chi connectivity index (χ3n) is 1.70. The molecule has 68 valence electrons. The van der Waals surface area contributed by atoms with Crippen LogP contribution in [0, 0.1) is 0 Å². The van der Waals surface area contributed by atoms with Gasteiger partial charge >= 0.3 is 0 Å². The lowest BCUT2D eigenvalue weighted by Gasteiger charge is -2.10. The Morgan fingerprint density at radius 3 is 2.64 bits per heavy atom. The van der Waals surface area contributed by atoms with E-state index in [1.54, 1.807) is 0 Å². The molecule has 0 amide bonds. The summed E-state index contributed by atoms with van der Waals surface area (Å²) >= 11 is 1.93. The van der Waals surface area contributed by atoms with Crippen LogP contribution in [-0.2, 0) is 0 Å². The molecule has 11 heavy (non-hydrogen) atoms. The summed E-state index contributed by atoms with van der Waals surface area (Å²) in [5.74, 6) is 1.07. The predicted molar refractivity (Wildman–Crippen MR) is 51.9 cm³/mol. The van der Waals surface area contributed by atoms with E-state index in [0.717, 1.165) is 17.4 Å². The molecule has 0 saturated carbocycles. The molecule has 0 rings (SSSR count). The Kier molecular flexibility index (Phi) is 7.12. The highest BCUT2D eigenvalue weighted by molar-refractivity contribution is 7.99. The van der Waals surface area contributed by atoms with Crippen LogP contribution >= 0.6 is 11.8 Å². The molecular weight excluding hydrogens is 158 g/mol. The Bertz CT molecular complexity index is 80.2. The Balaban J connectivity index is 3.13.